The second-order valence-electron chi connectivity index (χ2n) is 2.70. The number of nitro groups is 1. The van der Waals surface area contributed by atoms with Crippen LogP contribution < -0.4 is 4.74 Å². The molecule has 0 aliphatic carbocycles. The van der Waals surface area contributed by atoms with E-state index in [2.05, 4.69) is 25.7 Å². The monoisotopic (exact) mass is 426 g/mol. The van der Waals surface area contributed by atoms with Crippen molar-refractivity contribution in [2.45, 2.75) is 11.7 Å². The van der Waals surface area contributed by atoms with E-state index in [1.165, 1.54) is 22.6 Å². The van der Waals surface area contributed by atoms with E-state index in [4.69, 9.17) is 0 Å². The lowest BCUT2D eigenvalue weighted by atomic mass is 10.3. The summed E-state index contributed by atoms with van der Waals surface area (Å²) in [5.74, 6) is -1.06. The number of nitrogens with zero attached hydrogens (tertiary/aromatic N) is 2. The molecular weight excluding hydrogens is 424 g/mol. The molecule has 1 aromatic rings. The van der Waals surface area contributed by atoms with Gasteiger partial charge in [-0.1, -0.05) is 15.9 Å². The van der Waals surface area contributed by atoms with Crippen LogP contribution in [0.2, 0.25) is 0 Å². The van der Waals surface area contributed by atoms with E-state index in [9.17, 15) is 23.3 Å². The molecule has 0 amide bonds. The smallest absolute Gasteiger partial charge is 0.401 e. The van der Waals surface area contributed by atoms with Crippen molar-refractivity contribution in [1.29, 1.82) is 0 Å². The summed E-state index contributed by atoms with van der Waals surface area (Å²) in [6.45, 7) is 0. The fourth-order valence-electron chi connectivity index (χ4n) is 0.955. The van der Waals surface area contributed by atoms with Gasteiger partial charge in [-0.25, -0.2) is 0 Å². The lowest BCUT2D eigenvalue weighted by Crippen LogP contribution is -2.18. The number of rotatable bonds is 3. The molecule has 0 unspecified atom stereocenters. The Morgan fingerprint density at radius 1 is 1.59 bits per heavy atom. The molecule has 0 atom stereocenters. The van der Waals surface area contributed by atoms with Gasteiger partial charge in [0.2, 0.25) is 0 Å². The highest BCUT2D eigenvalue weighted by molar-refractivity contribution is 14.1. The average molecular weight is 427 g/mol. The fourth-order valence-corrected chi connectivity index (χ4v) is 1.86. The molecule has 1 aromatic heterocycles. The van der Waals surface area contributed by atoms with Gasteiger partial charge in [0, 0.05) is 27.9 Å². The lowest BCUT2D eigenvalue weighted by Gasteiger charge is -2.09. The number of ether oxygens (including phenoxy) is 1. The minimum Gasteiger partial charge on any atom is -0.401 e. The van der Waals surface area contributed by atoms with Crippen molar-refractivity contribution < 1.29 is 22.8 Å². The number of alkyl halides is 4. The highest BCUT2D eigenvalue weighted by Crippen LogP contribution is 2.31. The van der Waals surface area contributed by atoms with E-state index in [0.29, 0.717) is 0 Å². The molecule has 10 heteroatoms. The van der Waals surface area contributed by atoms with E-state index >= 15 is 0 Å². The van der Waals surface area contributed by atoms with Crippen LogP contribution in [0.1, 0.15) is 5.56 Å². The number of pyridine rings is 1. The predicted molar refractivity (Wildman–Crippen MR) is 62.9 cm³/mol. The number of hydrogen-bond donors (Lipinski definition) is 0. The fraction of sp³-hybridized carbons (Fsp3) is 0.286. The van der Waals surface area contributed by atoms with Crippen LogP contribution in [0.15, 0.2) is 6.07 Å². The Hall–Kier alpha value is -0.650. The van der Waals surface area contributed by atoms with Gasteiger partial charge in [0.05, 0.1) is 5.56 Å². The average Bonchev–Trinajstić information content (AvgIpc) is 2.18. The standard InChI is InChI=1S/C7H3BrF3IN2O3/c8-2-3-1-4(17-7(9,10)11)5(12)13-6(3)14(15)16/h1H,2H2. The number of halogens is 5. The first-order valence-corrected chi connectivity index (χ1v) is 6.10. The van der Waals surface area contributed by atoms with Gasteiger partial charge in [0.1, 0.15) is 0 Å². The zero-order valence-corrected chi connectivity index (χ0v) is 11.5. The van der Waals surface area contributed by atoms with Crippen LogP contribution in [-0.2, 0) is 5.33 Å². The van der Waals surface area contributed by atoms with E-state index in [-0.39, 0.29) is 14.6 Å². The maximum atomic E-state index is 12.0. The minimum absolute atomic E-state index is 0.00144. The molecule has 0 aliphatic heterocycles. The zero-order valence-electron chi connectivity index (χ0n) is 7.79. The Kier molecular flexibility index (Phi) is 4.52. The Morgan fingerprint density at radius 3 is 2.59 bits per heavy atom. The zero-order chi connectivity index (χ0) is 13.2. The van der Waals surface area contributed by atoms with Crippen LogP contribution in [0, 0.1) is 13.8 Å². The molecule has 94 valence electrons. The van der Waals surface area contributed by atoms with Gasteiger partial charge in [0.25, 0.3) is 3.70 Å². The van der Waals surface area contributed by atoms with Crippen LogP contribution in [0.25, 0.3) is 0 Å². The second-order valence-corrected chi connectivity index (χ2v) is 4.28. The molecule has 0 saturated heterocycles. The quantitative estimate of drug-likeness (QED) is 0.244. The molecule has 0 N–H and O–H groups in total. The van der Waals surface area contributed by atoms with Crippen LogP contribution in [0.5, 0.6) is 5.75 Å². The minimum atomic E-state index is -4.86. The van der Waals surface area contributed by atoms with Gasteiger partial charge in [-0.3, -0.25) is 0 Å². The highest BCUT2D eigenvalue weighted by Gasteiger charge is 2.34. The van der Waals surface area contributed by atoms with Crippen molar-refractivity contribution in [2.75, 3.05) is 0 Å². The number of hydrogen-bond acceptors (Lipinski definition) is 4. The molecule has 0 spiro atoms. The number of aromatic nitrogens is 1. The molecule has 1 rings (SSSR count). The molecule has 0 saturated carbocycles. The van der Waals surface area contributed by atoms with Crippen molar-refractivity contribution in [3.8, 4) is 5.75 Å². The van der Waals surface area contributed by atoms with E-state index < -0.39 is 22.9 Å². The molecule has 0 bridgehead atoms. The van der Waals surface area contributed by atoms with Crippen LogP contribution >= 0.6 is 38.5 Å². The van der Waals surface area contributed by atoms with Crippen molar-refractivity contribution >= 4 is 44.3 Å². The molecule has 1 heterocycles. The molecule has 0 aliphatic rings. The summed E-state index contributed by atoms with van der Waals surface area (Å²) >= 11 is 4.37. The van der Waals surface area contributed by atoms with Gasteiger partial charge in [-0.2, -0.15) is 0 Å². The Morgan fingerprint density at radius 2 is 2.18 bits per heavy atom. The molecular formula is C7H3BrF3IN2O3. The van der Waals surface area contributed by atoms with Crippen LogP contribution in [0.3, 0.4) is 0 Å². The van der Waals surface area contributed by atoms with Gasteiger partial charge in [-0.05, 0) is 16.0 Å². The Labute approximate surface area is 115 Å². The topological polar surface area (TPSA) is 65.3 Å². The maximum Gasteiger partial charge on any atom is 0.573 e. The predicted octanol–water partition coefficient (Wildman–Crippen LogP) is 3.39. The summed E-state index contributed by atoms with van der Waals surface area (Å²) < 4.78 is 39.5. The first kappa shape index (κ1) is 14.4. The summed E-state index contributed by atoms with van der Waals surface area (Å²) in [6, 6.07) is 0.940. The van der Waals surface area contributed by atoms with E-state index in [0.717, 1.165) is 6.07 Å². The summed E-state index contributed by atoms with van der Waals surface area (Å²) in [7, 11) is 0. The van der Waals surface area contributed by atoms with Crippen molar-refractivity contribution in [3.05, 3.63) is 25.4 Å². The van der Waals surface area contributed by atoms with Crippen molar-refractivity contribution in [1.82, 2.24) is 4.98 Å². The first-order valence-electron chi connectivity index (χ1n) is 3.90. The van der Waals surface area contributed by atoms with Gasteiger partial charge >= 0.3 is 12.2 Å². The summed E-state index contributed by atoms with van der Waals surface area (Å²) in [5, 5.41) is 10.6. The van der Waals surface area contributed by atoms with E-state index in [1.807, 2.05) is 0 Å². The summed E-state index contributed by atoms with van der Waals surface area (Å²) in [6.07, 6.45) is -4.86. The maximum absolute atomic E-state index is 12.0. The SMILES string of the molecule is O=[N+]([O-])c1nc(I)c(OC(F)(F)F)cc1CBr. The van der Waals surface area contributed by atoms with Crippen LogP contribution in [0.4, 0.5) is 19.0 Å². The molecule has 0 fully saturated rings. The lowest BCUT2D eigenvalue weighted by molar-refractivity contribution is -0.390. The van der Waals surface area contributed by atoms with E-state index in [1.54, 1.807) is 0 Å². The van der Waals surface area contributed by atoms with Crippen molar-refractivity contribution in [2.24, 2.45) is 0 Å². The van der Waals surface area contributed by atoms with Gasteiger partial charge < -0.3 is 14.9 Å². The van der Waals surface area contributed by atoms with Gasteiger partial charge in [-0.15, -0.1) is 13.2 Å². The summed E-state index contributed by atoms with van der Waals surface area (Å²) in [5.41, 5.74) is 0.00895. The third kappa shape index (κ3) is 3.94. The first-order chi connectivity index (χ1) is 7.74. The van der Waals surface area contributed by atoms with Gasteiger partial charge in [0.15, 0.2) is 5.75 Å². The third-order valence-electron chi connectivity index (χ3n) is 1.54. The molecule has 5 nitrogen and oxygen atoms in total. The molecule has 17 heavy (non-hydrogen) atoms. The summed E-state index contributed by atoms with van der Waals surface area (Å²) in [4.78, 5) is 13.3. The normalized spacial score (nSPS) is 11.4. The Balaban J connectivity index is 3.23. The third-order valence-corrected chi connectivity index (χ3v) is 2.92. The Bertz CT molecular complexity index is 455. The molecule has 0 aromatic carbocycles. The largest absolute Gasteiger partial charge is 0.573 e. The van der Waals surface area contributed by atoms with Crippen molar-refractivity contribution in [3.63, 3.8) is 0 Å². The second kappa shape index (κ2) is 5.33. The highest BCUT2D eigenvalue weighted by atomic mass is 127. The van der Waals surface area contributed by atoms with Crippen LogP contribution in [-0.4, -0.2) is 16.3 Å². The molecule has 0 radical (unpaired) electrons.